The highest BCUT2D eigenvalue weighted by atomic mass is 19.1. The lowest BCUT2D eigenvalue weighted by Gasteiger charge is -2.38. The summed E-state index contributed by atoms with van der Waals surface area (Å²) in [5.41, 5.74) is 1.59. The van der Waals surface area contributed by atoms with Gasteiger partial charge in [-0.15, -0.1) is 5.10 Å². The van der Waals surface area contributed by atoms with Crippen LogP contribution in [0.4, 0.5) is 9.18 Å². The molecule has 2 aliphatic rings. The minimum atomic E-state index is -0.538. The lowest BCUT2D eigenvalue weighted by molar-refractivity contribution is -0.110. The number of aromatic nitrogens is 3. The lowest BCUT2D eigenvalue weighted by Crippen LogP contribution is -2.52. The molecule has 0 saturated carbocycles. The quantitative estimate of drug-likeness (QED) is 0.768. The molecule has 1 atom stereocenters. The molecular weight excluding hydrogens is 339 g/mol. The number of fused-ring (bicyclic) bond motifs is 2. The van der Waals surface area contributed by atoms with Crippen LogP contribution in [0, 0.1) is 11.7 Å². The first kappa shape index (κ1) is 16.9. The second kappa shape index (κ2) is 5.75. The van der Waals surface area contributed by atoms with Crippen molar-refractivity contribution in [3.05, 3.63) is 23.0 Å². The summed E-state index contributed by atoms with van der Waals surface area (Å²) in [6.07, 6.45) is 1.48. The Balaban J connectivity index is 1.51. The second-order valence-electron chi connectivity index (χ2n) is 8.06. The summed E-state index contributed by atoms with van der Waals surface area (Å²) < 4.78 is 20.1. The zero-order valence-electron chi connectivity index (χ0n) is 15.0. The third-order valence-electron chi connectivity index (χ3n) is 4.81. The fourth-order valence-electron chi connectivity index (χ4n) is 3.48. The average Bonchev–Trinajstić information content (AvgIpc) is 3.08. The third kappa shape index (κ3) is 2.83. The van der Waals surface area contributed by atoms with E-state index in [1.807, 2.05) is 26.8 Å². The van der Waals surface area contributed by atoms with E-state index >= 15 is 0 Å². The van der Waals surface area contributed by atoms with Gasteiger partial charge in [-0.25, -0.2) is 9.18 Å². The van der Waals surface area contributed by atoms with Gasteiger partial charge in [0.25, 0.3) is 0 Å². The van der Waals surface area contributed by atoms with Crippen molar-refractivity contribution in [2.24, 2.45) is 5.92 Å². The van der Waals surface area contributed by atoms with Gasteiger partial charge in [-0.3, -0.25) is 0 Å². The standard InChI is InChI=1S/C18H21FN4O3/c1-18(2,3)26-17(25)22-7-12(8-22)23-20-14-6-11-4-10(9-24)5-13(11)15(19)16(14)21-23/h6,9-10,12H,4-5,7-8H2,1-3H3. The van der Waals surface area contributed by atoms with Crippen molar-refractivity contribution in [3.63, 3.8) is 0 Å². The molecule has 1 fully saturated rings. The first-order valence-corrected chi connectivity index (χ1v) is 8.75. The molecule has 1 aromatic carbocycles. The van der Waals surface area contributed by atoms with Crippen LogP contribution in [0.3, 0.4) is 0 Å². The zero-order valence-corrected chi connectivity index (χ0v) is 15.0. The molecule has 26 heavy (non-hydrogen) atoms. The molecule has 2 heterocycles. The maximum absolute atomic E-state index is 14.8. The van der Waals surface area contributed by atoms with E-state index in [0.717, 1.165) is 11.8 Å². The number of rotatable bonds is 2. The third-order valence-corrected chi connectivity index (χ3v) is 4.81. The van der Waals surface area contributed by atoms with Gasteiger partial charge in [0.1, 0.15) is 29.0 Å². The highest BCUT2D eigenvalue weighted by molar-refractivity contribution is 5.78. The number of ether oxygens (including phenoxy) is 1. The molecule has 138 valence electrons. The molecule has 0 spiro atoms. The normalized spacial score (nSPS) is 20.2. The smallest absolute Gasteiger partial charge is 0.410 e. The average molecular weight is 360 g/mol. The van der Waals surface area contributed by atoms with E-state index in [1.54, 1.807) is 4.90 Å². The van der Waals surface area contributed by atoms with E-state index in [-0.39, 0.29) is 29.4 Å². The molecular formula is C18H21FN4O3. The molecule has 7 nitrogen and oxygen atoms in total. The summed E-state index contributed by atoms with van der Waals surface area (Å²) in [5, 5.41) is 8.69. The number of nitrogens with zero attached hydrogens (tertiary/aromatic N) is 4. The molecule has 4 rings (SSSR count). The van der Waals surface area contributed by atoms with Crippen LogP contribution in [-0.4, -0.2) is 51.0 Å². The van der Waals surface area contributed by atoms with Gasteiger partial charge >= 0.3 is 6.09 Å². The van der Waals surface area contributed by atoms with Gasteiger partial charge in [0, 0.05) is 5.92 Å². The summed E-state index contributed by atoms with van der Waals surface area (Å²) in [4.78, 5) is 26.1. The molecule has 1 saturated heterocycles. The van der Waals surface area contributed by atoms with Crippen molar-refractivity contribution >= 4 is 23.4 Å². The number of benzene rings is 1. The Labute approximate surface area is 150 Å². The van der Waals surface area contributed by atoms with Crippen molar-refractivity contribution < 1.29 is 18.7 Å². The number of hydrogen-bond acceptors (Lipinski definition) is 5. The summed E-state index contributed by atoms with van der Waals surface area (Å²) in [6.45, 7) is 6.33. The van der Waals surface area contributed by atoms with Gasteiger partial charge in [-0.05, 0) is 50.8 Å². The molecule has 0 bridgehead atoms. The number of carbonyl (C=O) groups is 2. The van der Waals surface area contributed by atoms with E-state index < -0.39 is 5.60 Å². The maximum Gasteiger partial charge on any atom is 0.410 e. The molecule has 1 unspecified atom stereocenters. The SMILES string of the molecule is CC(C)(C)OC(=O)N1CC(n2nc3cc4c(c(F)c3n2)CC(C=O)C4)C1. The first-order chi connectivity index (χ1) is 12.2. The van der Waals surface area contributed by atoms with Gasteiger partial charge in [-0.1, -0.05) is 0 Å². The van der Waals surface area contributed by atoms with Gasteiger partial charge in [0.15, 0.2) is 5.82 Å². The predicted octanol–water partition coefficient (Wildman–Crippen LogP) is 2.28. The van der Waals surface area contributed by atoms with Gasteiger partial charge in [-0.2, -0.15) is 9.90 Å². The Bertz CT molecular complexity index is 896. The highest BCUT2D eigenvalue weighted by Crippen LogP contribution is 2.32. The Kier molecular flexibility index (Phi) is 3.75. The van der Waals surface area contributed by atoms with Crippen LogP contribution in [0.5, 0.6) is 0 Å². The van der Waals surface area contributed by atoms with Crippen LogP contribution in [0.1, 0.15) is 37.9 Å². The molecule has 1 aliphatic heterocycles. The largest absolute Gasteiger partial charge is 0.444 e. The highest BCUT2D eigenvalue weighted by Gasteiger charge is 2.36. The van der Waals surface area contributed by atoms with E-state index in [1.165, 1.54) is 4.80 Å². The van der Waals surface area contributed by atoms with Crippen LogP contribution in [-0.2, 0) is 22.4 Å². The van der Waals surface area contributed by atoms with Crippen molar-refractivity contribution in [3.8, 4) is 0 Å². The van der Waals surface area contributed by atoms with Crippen LogP contribution in [0.2, 0.25) is 0 Å². The number of hydrogen-bond donors (Lipinski definition) is 0. The molecule has 8 heteroatoms. The second-order valence-corrected chi connectivity index (χ2v) is 8.06. The van der Waals surface area contributed by atoms with Crippen LogP contribution >= 0.6 is 0 Å². The van der Waals surface area contributed by atoms with Crippen molar-refractivity contribution in [1.29, 1.82) is 0 Å². The summed E-state index contributed by atoms with van der Waals surface area (Å²) >= 11 is 0. The zero-order chi connectivity index (χ0) is 18.6. The fraction of sp³-hybridized carbons (Fsp3) is 0.556. The van der Waals surface area contributed by atoms with Crippen molar-refractivity contribution in [2.45, 2.75) is 45.3 Å². The van der Waals surface area contributed by atoms with Crippen molar-refractivity contribution in [1.82, 2.24) is 19.9 Å². The number of halogens is 1. The monoisotopic (exact) mass is 360 g/mol. The molecule has 1 amide bonds. The Hall–Kier alpha value is -2.51. The molecule has 0 N–H and O–H groups in total. The Morgan fingerprint density at radius 1 is 1.31 bits per heavy atom. The maximum atomic E-state index is 14.8. The fourth-order valence-corrected chi connectivity index (χ4v) is 3.48. The minimum Gasteiger partial charge on any atom is -0.444 e. The Morgan fingerprint density at radius 2 is 2.04 bits per heavy atom. The van der Waals surface area contributed by atoms with Gasteiger partial charge in [0.05, 0.1) is 13.1 Å². The summed E-state index contributed by atoms with van der Waals surface area (Å²) in [7, 11) is 0. The van der Waals surface area contributed by atoms with Gasteiger partial charge < -0.3 is 14.4 Å². The van der Waals surface area contributed by atoms with Crippen LogP contribution in [0.25, 0.3) is 11.0 Å². The first-order valence-electron chi connectivity index (χ1n) is 8.75. The minimum absolute atomic E-state index is 0.0908. The van der Waals surface area contributed by atoms with E-state index in [4.69, 9.17) is 4.74 Å². The van der Waals surface area contributed by atoms with Crippen molar-refractivity contribution in [2.75, 3.05) is 13.1 Å². The molecule has 1 aliphatic carbocycles. The van der Waals surface area contributed by atoms with E-state index in [2.05, 4.69) is 10.2 Å². The number of amides is 1. The summed E-state index contributed by atoms with van der Waals surface area (Å²) in [6, 6.07) is 1.73. The van der Waals surface area contributed by atoms with Gasteiger partial charge in [0.2, 0.25) is 0 Å². The number of likely N-dealkylation sites (tertiary alicyclic amines) is 1. The van der Waals surface area contributed by atoms with E-state index in [0.29, 0.717) is 37.0 Å². The molecule has 0 radical (unpaired) electrons. The number of aldehydes is 1. The predicted molar refractivity (Wildman–Crippen MR) is 91.3 cm³/mol. The molecule has 2 aromatic rings. The Morgan fingerprint density at radius 3 is 2.69 bits per heavy atom. The summed E-state index contributed by atoms with van der Waals surface area (Å²) in [5.74, 6) is -0.538. The molecule has 1 aromatic heterocycles. The number of carbonyl (C=O) groups excluding carboxylic acids is 2. The lowest BCUT2D eigenvalue weighted by atomic mass is 10.1. The van der Waals surface area contributed by atoms with Crippen LogP contribution < -0.4 is 0 Å². The van der Waals surface area contributed by atoms with Crippen LogP contribution in [0.15, 0.2) is 6.07 Å². The topological polar surface area (TPSA) is 77.3 Å². The van der Waals surface area contributed by atoms with E-state index in [9.17, 15) is 14.0 Å².